The molecule has 0 saturated carbocycles. The Balaban J connectivity index is 1.34. The number of anilines is 3. The van der Waals surface area contributed by atoms with Crippen LogP contribution in [0.25, 0.3) is 11.8 Å². The second-order valence-electron chi connectivity index (χ2n) is 8.69. The predicted molar refractivity (Wildman–Crippen MR) is 150 cm³/mol. The average molecular weight is 512 g/mol. The molecule has 9 heteroatoms. The number of nitrogens with one attached hydrogen (secondary N) is 1. The van der Waals surface area contributed by atoms with Crippen LogP contribution in [0.4, 0.5) is 17.1 Å². The molecule has 37 heavy (non-hydrogen) atoms. The largest absolute Gasteiger partial charge is 0.497 e. The molecule has 0 unspecified atom stereocenters. The second-order valence-corrected chi connectivity index (χ2v) is 9.77. The zero-order valence-electron chi connectivity index (χ0n) is 21.1. The first-order valence-electron chi connectivity index (χ1n) is 12.0. The number of nitrogens with zero attached hydrogens (tertiary/aromatic N) is 6. The van der Waals surface area contributed by atoms with Gasteiger partial charge in [-0.25, -0.2) is 0 Å². The minimum atomic E-state index is 0.530. The Morgan fingerprint density at radius 2 is 1.78 bits per heavy atom. The zero-order valence-corrected chi connectivity index (χ0v) is 21.9. The van der Waals surface area contributed by atoms with E-state index in [1.54, 1.807) is 18.9 Å². The van der Waals surface area contributed by atoms with Crippen LogP contribution in [-0.2, 0) is 0 Å². The fourth-order valence-corrected chi connectivity index (χ4v) is 4.92. The third-order valence-corrected chi connectivity index (χ3v) is 6.91. The van der Waals surface area contributed by atoms with Gasteiger partial charge >= 0.3 is 0 Å². The van der Waals surface area contributed by atoms with Crippen LogP contribution in [-0.4, -0.2) is 59.4 Å². The van der Waals surface area contributed by atoms with Gasteiger partial charge in [-0.1, -0.05) is 30.0 Å². The van der Waals surface area contributed by atoms with E-state index in [0.29, 0.717) is 5.82 Å². The summed E-state index contributed by atoms with van der Waals surface area (Å²) in [6.07, 6.45) is 7.84. The molecule has 1 N–H and O–H groups in total. The lowest BCUT2D eigenvalue weighted by molar-refractivity contribution is 0.414. The monoisotopic (exact) mass is 511 g/mol. The van der Waals surface area contributed by atoms with E-state index in [1.165, 1.54) is 14.6 Å². The highest BCUT2D eigenvalue weighted by Crippen LogP contribution is 2.48. The van der Waals surface area contributed by atoms with Crippen LogP contribution >= 0.6 is 11.8 Å². The average Bonchev–Trinajstić information content (AvgIpc) is 3.39. The van der Waals surface area contributed by atoms with Crippen LogP contribution in [0.15, 0.2) is 94.9 Å². The van der Waals surface area contributed by atoms with E-state index in [4.69, 9.17) is 4.74 Å². The van der Waals surface area contributed by atoms with Gasteiger partial charge in [0.25, 0.3) is 0 Å². The van der Waals surface area contributed by atoms with Gasteiger partial charge in [0, 0.05) is 34.8 Å². The molecule has 188 valence electrons. The summed E-state index contributed by atoms with van der Waals surface area (Å²) in [6.45, 7) is 1.86. The van der Waals surface area contributed by atoms with Crippen molar-refractivity contribution in [2.75, 3.05) is 44.5 Å². The summed E-state index contributed by atoms with van der Waals surface area (Å²) < 4.78 is 5.21. The molecule has 5 rings (SSSR count). The first-order valence-corrected chi connectivity index (χ1v) is 12.8. The summed E-state index contributed by atoms with van der Waals surface area (Å²) in [5, 5.41) is 16.3. The van der Waals surface area contributed by atoms with Crippen molar-refractivity contribution in [3.8, 4) is 11.4 Å². The molecule has 1 aromatic heterocycles. The van der Waals surface area contributed by atoms with Crippen LogP contribution in [0.2, 0.25) is 0 Å². The van der Waals surface area contributed by atoms with Gasteiger partial charge in [-0.2, -0.15) is 0 Å². The molecule has 0 atom stereocenters. The smallest absolute Gasteiger partial charge is 0.198 e. The van der Waals surface area contributed by atoms with Gasteiger partial charge in [-0.15, -0.1) is 15.0 Å². The van der Waals surface area contributed by atoms with E-state index >= 15 is 0 Å². The third kappa shape index (κ3) is 5.84. The molecule has 0 bridgehead atoms. The number of rotatable bonds is 9. The quantitative estimate of drug-likeness (QED) is 0.297. The molecule has 2 heterocycles. The fourth-order valence-electron chi connectivity index (χ4n) is 3.87. The van der Waals surface area contributed by atoms with Crippen LogP contribution in [0.3, 0.4) is 0 Å². The van der Waals surface area contributed by atoms with Gasteiger partial charge in [0.05, 0.1) is 24.2 Å². The molecule has 8 nitrogen and oxygen atoms in total. The lowest BCUT2D eigenvalue weighted by Crippen LogP contribution is -2.21. The lowest BCUT2D eigenvalue weighted by atomic mass is 10.2. The summed E-state index contributed by atoms with van der Waals surface area (Å²) in [6, 6.07) is 22.5. The SMILES string of the molecule is COc1ccc(-n2nnc(/C=C/C=C/N3c4ccccc4Sc4ccc(NCCN(C)C)cc43)n2)cc1. The first kappa shape index (κ1) is 24.6. The summed E-state index contributed by atoms with van der Waals surface area (Å²) in [4.78, 5) is 8.34. The number of benzene rings is 3. The van der Waals surface area contributed by atoms with Crippen molar-refractivity contribution in [3.63, 3.8) is 0 Å². The third-order valence-electron chi connectivity index (χ3n) is 5.78. The van der Waals surface area contributed by atoms with Crippen LogP contribution in [0.5, 0.6) is 5.75 Å². The molecular formula is C28H29N7OS. The zero-order chi connectivity index (χ0) is 25.6. The number of methoxy groups -OCH3 is 1. The minimum absolute atomic E-state index is 0.530. The van der Waals surface area contributed by atoms with Gasteiger partial charge < -0.3 is 19.9 Å². The Morgan fingerprint density at radius 3 is 2.59 bits per heavy atom. The second kappa shape index (κ2) is 11.3. The van der Waals surface area contributed by atoms with Crippen molar-refractivity contribution in [1.29, 1.82) is 0 Å². The maximum Gasteiger partial charge on any atom is 0.198 e. The lowest BCUT2D eigenvalue weighted by Gasteiger charge is -2.30. The van der Waals surface area contributed by atoms with Crippen molar-refractivity contribution in [1.82, 2.24) is 25.1 Å². The van der Waals surface area contributed by atoms with Gasteiger partial charge in [-0.3, -0.25) is 0 Å². The summed E-state index contributed by atoms with van der Waals surface area (Å²) in [5.74, 6) is 1.31. The summed E-state index contributed by atoms with van der Waals surface area (Å²) >= 11 is 1.79. The number of allylic oxidation sites excluding steroid dienone is 2. The maximum atomic E-state index is 5.21. The van der Waals surface area contributed by atoms with Crippen molar-refractivity contribution in [2.45, 2.75) is 9.79 Å². The van der Waals surface area contributed by atoms with Crippen molar-refractivity contribution in [2.24, 2.45) is 0 Å². The van der Waals surface area contributed by atoms with Gasteiger partial charge in [0.15, 0.2) is 5.82 Å². The number of aromatic nitrogens is 4. The molecule has 4 aromatic rings. The van der Waals surface area contributed by atoms with Gasteiger partial charge in [-0.05, 0) is 86.1 Å². The highest BCUT2D eigenvalue weighted by Gasteiger charge is 2.22. The molecule has 0 fully saturated rings. The number of ether oxygens (including phenoxy) is 1. The van der Waals surface area contributed by atoms with E-state index in [0.717, 1.165) is 41.6 Å². The van der Waals surface area contributed by atoms with E-state index < -0.39 is 0 Å². The minimum Gasteiger partial charge on any atom is -0.497 e. The van der Waals surface area contributed by atoms with Gasteiger partial charge in [0.1, 0.15) is 5.75 Å². The number of hydrogen-bond acceptors (Lipinski definition) is 8. The first-order chi connectivity index (χ1) is 18.1. The molecule has 3 aromatic carbocycles. The number of likely N-dealkylation sites (N-methyl/N-ethyl adjacent to an activating group) is 1. The van der Waals surface area contributed by atoms with Crippen molar-refractivity contribution >= 4 is 34.9 Å². The van der Waals surface area contributed by atoms with Crippen LogP contribution < -0.4 is 15.0 Å². The van der Waals surface area contributed by atoms with E-state index in [-0.39, 0.29) is 0 Å². The molecule has 0 saturated heterocycles. The highest BCUT2D eigenvalue weighted by molar-refractivity contribution is 7.99. The normalized spacial score (nSPS) is 12.8. The van der Waals surface area contributed by atoms with Crippen molar-refractivity contribution < 1.29 is 4.74 Å². The van der Waals surface area contributed by atoms with E-state index in [1.807, 2.05) is 42.5 Å². The molecule has 0 amide bonds. The molecule has 1 aliphatic rings. The Kier molecular flexibility index (Phi) is 7.53. The van der Waals surface area contributed by atoms with Crippen molar-refractivity contribution in [3.05, 3.63) is 90.9 Å². The number of para-hydroxylation sites is 1. The van der Waals surface area contributed by atoms with E-state index in [2.05, 4.69) is 93.3 Å². The summed E-state index contributed by atoms with van der Waals surface area (Å²) in [7, 11) is 5.80. The van der Waals surface area contributed by atoms with E-state index in [9.17, 15) is 0 Å². The Bertz CT molecular complexity index is 1410. The molecule has 0 radical (unpaired) electrons. The molecule has 0 spiro atoms. The number of hydrogen-bond donors (Lipinski definition) is 1. The van der Waals surface area contributed by atoms with Crippen LogP contribution in [0.1, 0.15) is 5.82 Å². The van der Waals surface area contributed by atoms with Crippen LogP contribution in [0, 0.1) is 0 Å². The molecule has 0 aliphatic carbocycles. The highest BCUT2D eigenvalue weighted by atomic mass is 32.2. The molecular weight excluding hydrogens is 482 g/mol. The predicted octanol–water partition coefficient (Wildman–Crippen LogP) is 5.47. The summed E-state index contributed by atoms with van der Waals surface area (Å²) in [5.41, 5.74) is 4.22. The standard InChI is InChI=1S/C28H29N7OS/c1-33(2)19-17-29-21-11-16-27-25(20-21)34(24-8-4-5-9-26(24)37-27)18-7-6-10-28-30-32-35(31-28)22-12-14-23(36-3)15-13-22/h4-16,18,20,29H,17,19H2,1-3H3/b10-6+,18-7+. The Labute approximate surface area is 221 Å². The maximum absolute atomic E-state index is 5.21. The Hall–Kier alpha value is -4.08. The topological polar surface area (TPSA) is 71.3 Å². The Morgan fingerprint density at radius 1 is 0.973 bits per heavy atom. The molecule has 1 aliphatic heterocycles. The number of tetrazole rings is 1. The van der Waals surface area contributed by atoms with Gasteiger partial charge in [0.2, 0.25) is 0 Å². The fraction of sp³-hybridized carbons (Fsp3) is 0.179. The number of fused-ring (bicyclic) bond motifs is 2.